The van der Waals surface area contributed by atoms with Gasteiger partial charge in [-0.05, 0) is 56.1 Å². The van der Waals surface area contributed by atoms with Crippen molar-refractivity contribution < 1.29 is 36.1 Å². The van der Waals surface area contributed by atoms with Crippen LogP contribution in [0.15, 0.2) is 29.2 Å². The van der Waals surface area contributed by atoms with Gasteiger partial charge in [-0.2, -0.15) is 18.3 Å². The van der Waals surface area contributed by atoms with E-state index >= 15 is 0 Å². The molecule has 40 heavy (non-hydrogen) atoms. The maximum atomic E-state index is 13.9. The Balaban J connectivity index is 1.24. The van der Waals surface area contributed by atoms with E-state index in [4.69, 9.17) is 4.52 Å². The Hall–Kier alpha value is -3.58. The molecule has 3 atom stereocenters. The second kappa shape index (κ2) is 9.81. The van der Waals surface area contributed by atoms with E-state index in [0.29, 0.717) is 28.2 Å². The number of nitrogens with zero attached hydrogens (tertiary/aromatic N) is 4. The highest BCUT2D eigenvalue weighted by atomic mass is 19.4. The van der Waals surface area contributed by atoms with E-state index in [9.17, 15) is 31.5 Å². The Kier molecular flexibility index (Phi) is 6.53. The van der Waals surface area contributed by atoms with E-state index in [1.165, 1.54) is 17.0 Å². The standard InChI is InChI=1S/C26H27F5N6O3/c27-25(28)5-3-15(4-6-25)22(35-24(39)17-12-40-36-21(17)14-1-2-14)18-11-37-20(33-18)8-13(10-32-37)7-16-9-19(26(29,30)31)34-23(16)38/h8,10-12,14-16,19,22H,1-7,9H2,(H,34,38)(H,35,39)/t16?,19-,22-/m0/s1. The molecule has 1 aliphatic heterocycles. The van der Waals surface area contributed by atoms with Crippen molar-refractivity contribution in [3.05, 3.63) is 47.2 Å². The predicted octanol–water partition coefficient (Wildman–Crippen LogP) is 4.50. The lowest BCUT2D eigenvalue weighted by atomic mass is 9.81. The molecule has 3 aliphatic rings. The number of imidazole rings is 1. The molecule has 4 heterocycles. The van der Waals surface area contributed by atoms with Gasteiger partial charge in [0, 0.05) is 24.7 Å². The van der Waals surface area contributed by atoms with Crippen molar-refractivity contribution in [1.82, 2.24) is 30.4 Å². The highest BCUT2D eigenvalue weighted by molar-refractivity contribution is 5.95. The number of aromatic nitrogens is 4. The Bertz CT molecular complexity index is 1420. The molecule has 0 spiro atoms. The molecule has 9 nitrogen and oxygen atoms in total. The average Bonchev–Trinajstić information content (AvgIpc) is 3.28. The van der Waals surface area contributed by atoms with E-state index in [1.54, 1.807) is 12.3 Å². The van der Waals surface area contributed by atoms with Crippen molar-refractivity contribution in [3.8, 4) is 0 Å². The average molecular weight is 567 g/mol. The molecule has 14 heteroatoms. The highest BCUT2D eigenvalue weighted by Gasteiger charge is 2.47. The van der Waals surface area contributed by atoms with Crippen LogP contribution in [0.3, 0.4) is 0 Å². The van der Waals surface area contributed by atoms with Crippen LogP contribution in [0.4, 0.5) is 22.0 Å². The zero-order valence-corrected chi connectivity index (χ0v) is 21.3. The summed E-state index contributed by atoms with van der Waals surface area (Å²) in [5.41, 5.74) is 2.21. The van der Waals surface area contributed by atoms with Gasteiger partial charge >= 0.3 is 6.18 Å². The summed E-state index contributed by atoms with van der Waals surface area (Å²) in [5.74, 6) is -4.85. The third-order valence-corrected chi connectivity index (χ3v) is 8.12. The van der Waals surface area contributed by atoms with Crippen molar-refractivity contribution in [1.29, 1.82) is 0 Å². The first-order valence-corrected chi connectivity index (χ1v) is 13.3. The Morgan fingerprint density at radius 3 is 2.65 bits per heavy atom. The number of carbonyl (C=O) groups is 2. The Morgan fingerprint density at radius 2 is 1.98 bits per heavy atom. The van der Waals surface area contributed by atoms with Gasteiger partial charge in [0.1, 0.15) is 17.9 Å². The number of hydrogen-bond acceptors (Lipinski definition) is 6. The summed E-state index contributed by atoms with van der Waals surface area (Å²) in [7, 11) is 0. The lowest BCUT2D eigenvalue weighted by molar-refractivity contribution is -0.154. The topological polar surface area (TPSA) is 114 Å². The number of fused-ring (bicyclic) bond motifs is 1. The van der Waals surface area contributed by atoms with Crippen molar-refractivity contribution in [2.24, 2.45) is 11.8 Å². The van der Waals surface area contributed by atoms with Crippen LogP contribution < -0.4 is 10.6 Å². The minimum Gasteiger partial charge on any atom is -0.364 e. The summed E-state index contributed by atoms with van der Waals surface area (Å²) in [4.78, 5) is 30.0. The minimum absolute atomic E-state index is 0.0550. The highest BCUT2D eigenvalue weighted by Crippen LogP contribution is 2.43. The Morgan fingerprint density at radius 1 is 1.23 bits per heavy atom. The van der Waals surface area contributed by atoms with Crippen LogP contribution in [-0.2, 0) is 11.2 Å². The summed E-state index contributed by atoms with van der Waals surface area (Å²) in [6, 6.07) is -0.939. The minimum atomic E-state index is -4.51. The third kappa shape index (κ3) is 5.39. The summed E-state index contributed by atoms with van der Waals surface area (Å²) in [5, 5.41) is 13.2. The fourth-order valence-electron chi connectivity index (χ4n) is 5.73. The molecule has 3 aromatic rings. The van der Waals surface area contributed by atoms with E-state index < -0.39 is 41.9 Å². The van der Waals surface area contributed by atoms with Crippen molar-refractivity contribution in [2.45, 2.75) is 81.5 Å². The van der Waals surface area contributed by atoms with Crippen molar-refractivity contribution in [2.75, 3.05) is 0 Å². The van der Waals surface area contributed by atoms with Crippen LogP contribution in [-0.4, -0.2) is 49.7 Å². The van der Waals surface area contributed by atoms with Gasteiger partial charge in [0.15, 0.2) is 5.65 Å². The molecular weight excluding hydrogens is 539 g/mol. The molecule has 3 aromatic heterocycles. The van der Waals surface area contributed by atoms with Crippen LogP contribution in [0.2, 0.25) is 0 Å². The smallest absolute Gasteiger partial charge is 0.364 e. The number of hydrogen-bond donors (Lipinski definition) is 2. The molecule has 3 fully saturated rings. The molecule has 214 valence electrons. The monoisotopic (exact) mass is 566 g/mol. The fraction of sp³-hybridized carbons (Fsp3) is 0.577. The van der Waals surface area contributed by atoms with Crippen LogP contribution in [0.25, 0.3) is 5.65 Å². The SMILES string of the molecule is O=C(N[C@H](c1cn2ncc(CC3C[C@@H](C(F)(F)F)NC3=O)cc2n1)C1CCC(F)(F)CC1)c1conc1C1CC1. The molecule has 2 N–H and O–H groups in total. The third-order valence-electron chi connectivity index (χ3n) is 8.12. The van der Waals surface area contributed by atoms with Gasteiger partial charge in [-0.1, -0.05) is 5.16 Å². The van der Waals surface area contributed by atoms with Gasteiger partial charge in [0.25, 0.3) is 5.91 Å². The first-order chi connectivity index (χ1) is 19.0. The van der Waals surface area contributed by atoms with Crippen LogP contribution in [0.5, 0.6) is 0 Å². The van der Waals surface area contributed by atoms with Crippen molar-refractivity contribution >= 4 is 17.5 Å². The maximum Gasteiger partial charge on any atom is 0.408 e. The molecule has 6 rings (SSSR count). The summed E-state index contributed by atoms with van der Waals surface area (Å²) < 4.78 is 73.6. The van der Waals surface area contributed by atoms with E-state index in [1.807, 2.05) is 5.32 Å². The van der Waals surface area contributed by atoms with Crippen LogP contribution >= 0.6 is 0 Å². The number of carbonyl (C=O) groups excluding carboxylic acids is 2. The molecule has 0 bridgehead atoms. The van der Waals surface area contributed by atoms with Gasteiger partial charge in [-0.3, -0.25) is 9.59 Å². The number of rotatable bonds is 7. The van der Waals surface area contributed by atoms with Gasteiger partial charge in [0.2, 0.25) is 11.8 Å². The van der Waals surface area contributed by atoms with Crippen LogP contribution in [0.1, 0.15) is 84.2 Å². The first kappa shape index (κ1) is 26.6. The molecule has 0 aromatic carbocycles. The number of alkyl halides is 5. The summed E-state index contributed by atoms with van der Waals surface area (Å²) >= 11 is 0. The van der Waals surface area contributed by atoms with Gasteiger partial charge in [-0.25, -0.2) is 18.3 Å². The summed E-state index contributed by atoms with van der Waals surface area (Å²) in [6.07, 6.45) is 1.11. The molecule has 0 radical (unpaired) electrons. The molecule has 2 saturated carbocycles. The van der Waals surface area contributed by atoms with Gasteiger partial charge in [0.05, 0.1) is 29.8 Å². The number of halogens is 5. The lowest BCUT2D eigenvalue weighted by Crippen LogP contribution is -2.38. The molecule has 2 amide bonds. The maximum absolute atomic E-state index is 13.9. The van der Waals surface area contributed by atoms with Gasteiger partial charge < -0.3 is 15.2 Å². The van der Waals surface area contributed by atoms with Crippen LogP contribution in [0, 0.1) is 11.8 Å². The predicted molar refractivity (Wildman–Crippen MR) is 128 cm³/mol. The zero-order chi connectivity index (χ0) is 28.2. The molecule has 2 aliphatic carbocycles. The Labute approximate surface area is 224 Å². The fourth-order valence-corrected chi connectivity index (χ4v) is 5.73. The van der Waals surface area contributed by atoms with E-state index in [0.717, 1.165) is 12.8 Å². The second-order valence-corrected chi connectivity index (χ2v) is 11.1. The number of nitrogens with one attached hydrogen (secondary N) is 2. The zero-order valence-electron chi connectivity index (χ0n) is 21.3. The largest absolute Gasteiger partial charge is 0.408 e. The molecule has 1 saturated heterocycles. The van der Waals surface area contributed by atoms with E-state index in [-0.39, 0.29) is 50.4 Å². The molecule has 1 unspecified atom stereocenters. The quantitative estimate of drug-likeness (QED) is 0.407. The van der Waals surface area contributed by atoms with Crippen molar-refractivity contribution in [3.63, 3.8) is 0 Å². The normalized spacial score (nSPS) is 24.3. The number of amides is 2. The first-order valence-electron chi connectivity index (χ1n) is 13.3. The van der Waals surface area contributed by atoms with Gasteiger partial charge in [-0.15, -0.1) is 0 Å². The van der Waals surface area contributed by atoms with E-state index in [2.05, 4.69) is 20.6 Å². The second-order valence-electron chi connectivity index (χ2n) is 11.1. The summed E-state index contributed by atoms with van der Waals surface area (Å²) in [6.45, 7) is 0. The molecular formula is C26H27F5N6O3. The lowest BCUT2D eigenvalue weighted by Gasteiger charge is -2.33.